The largest absolute Gasteiger partial charge is 0.480 e. The van der Waals surface area contributed by atoms with Crippen LogP contribution in [-0.2, 0) is 9.59 Å². The third-order valence-corrected chi connectivity index (χ3v) is 3.50. The Morgan fingerprint density at radius 3 is 2.22 bits per heavy atom. The van der Waals surface area contributed by atoms with Gasteiger partial charge in [-0.15, -0.1) is 0 Å². The van der Waals surface area contributed by atoms with E-state index in [1.165, 1.54) is 0 Å². The molecule has 1 heterocycles. The van der Waals surface area contributed by atoms with Gasteiger partial charge in [0.25, 0.3) is 0 Å². The Hall–Kier alpha value is -1.14. The Kier molecular flexibility index (Phi) is 5.55. The lowest BCUT2D eigenvalue weighted by Gasteiger charge is -2.36. The summed E-state index contributed by atoms with van der Waals surface area (Å²) in [7, 11) is 0. The van der Waals surface area contributed by atoms with E-state index in [9.17, 15) is 9.59 Å². The lowest BCUT2D eigenvalue weighted by Crippen LogP contribution is -2.53. The van der Waals surface area contributed by atoms with Crippen LogP contribution in [0.4, 0.5) is 0 Å². The molecule has 1 fully saturated rings. The van der Waals surface area contributed by atoms with Crippen LogP contribution in [0.25, 0.3) is 0 Å². The summed E-state index contributed by atoms with van der Waals surface area (Å²) < 4.78 is 0. The molecular weight excluding hydrogens is 234 g/mol. The molecule has 1 rings (SSSR count). The van der Waals surface area contributed by atoms with E-state index in [1.807, 2.05) is 11.8 Å². The molecule has 3 N–H and O–H groups in total. The second-order valence-electron chi connectivity index (χ2n) is 4.98. The lowest BCUT2D eigenvalue weighted by molar-refractivity contribution is -0.144. The van der Waals surface area contributed by atoms with E-state index in [-0.39, 0.29) is 11.8 Å². The van der Waals surface area contributed by atoms with Crippen molar-refractivity contribution in [2.24, 2.45) is 11.7 Å². The normalized spacial score (nSPS) is 20.5. The lowest BCUT2D eigenvalue weighted by atomic mass is 10.1. The summed E-state index contributed by atoms with van der Waals surface area (Å²) in [5.74, 6) is -0.490. The number of hydrogen-bond acceptors (Lipinski definition) is 4. The molecule has 104 valence electrons. The second-order valence-corrected chi connectivity index (χ2v) is 4.98. The Morgan fingerprint density at radius 2 is 1.78 bits per heavy atom. The van der Waals surface area contributed by atoms with E-state index >= 15 is 0 Å². The van der Waals surface area contributed by atoms with E-state index in [0.717, 1.165) is 0 Å². The van der Waals surface area contributed by atoms with E-state index in [0.29, 0.717) is 39.1 Å². The SMILES string of the molecule is CC(CN)CC(=O)N1CCN(C(C)C(=O)O)CC1. The number of carbonyl (C=O) groups is 2. The number of nitrogens with zero attached hydrogens (tertiary/aromatic N) is 2. The smallest absolute Gasteiger partial charge is 0.320 e. The van der Waals surface area contributed by atoms with Gasteiger partial charge in [-0.25, -0.2) is 0 Å². The fourth-order valence-corrected chi connectivity index (χ4v) is 2.03. The maximum absolute atomic E-state index is 11.9. The van der Waals surface area contributed by atoms with Crippen molar-refractivity contribution in [2.75, 3.05) is 32.7 Å². The molecule has 1 saturated heterocycles. The quantitative estimate of drug-likeness (QED) is 0.699. The summed E-state index contributed by atoms with van der Waals surface area (Å²) in [6.07, 6.45) is 0.477. The van der Waals surface area contributed by atoms with Crippen LogP contribution in [0.5, 0.6) is 0 Å². The number of amides is 1. The monoisotopic (exact) mass is 257 g/mol. The standard InChI is InChI=1S/C12H23N3O3/c1-9(8-13)7-11(16)15-5-3-14(4-6-15)10(2)12(17)18/h9-10H,3-8,13H2,1-2H3,(H,17,18). The molecule has 0 saturated carbocycles. The number of rotatable bonds is 5. The molecule has 6 nitrogen and oxygen atoms in total. The summed E-state index contributed by atoms with van der Waals surface area (Å²) in [5.41, 5.74) is 5.50. The Balaban J connectivity index is 2.39. The van der Waals surface area contributed by atoms with E-state index < -0.39 is 12.0 Å². The number of carbonyl (C=O) groups excluding carboxylic acids is 1. The Labute approximate surface area is 108 Å². The van der Waals surface area contributed by atoms with Gasteiger partial charge in [-0.1, -0.05) is 6.92 Å². The van der Waals surface area contributed by atoms with Gasteiger partial charge in [-0.05, 0) is 19.4 Å². The van der Waals surface area contributed by atoms with Gasteiger partial charge >= 0.3 is 5.97 Å². The van der Waals surface area contributed by atoms with Gasteiger partial charge in [-0.2, -0.15) is 0 Å². The molecule has 2 unspecified atom stereocenters. The van der Waals surface area contributed by atoms with Crippen molar-refractivity contribution in [2.45, 2.75) is 26.3 Å². The van der Waals surface area contributed by atoms with E-state index in [2.05, 4.69) is 0 Å². The molecule has 0 aliphatic carbocycles. The van der Waals surface area contributed by atoms with Crippen LogP contribution < -0.4 is 5.73 Å². The number of carboxylic acids is 1. The summed E-state index contributed by atoms with van der Waals surface area (Å²) >= 11 is 0. The minimum Gasteiger partial charge on any atom is -0.480 e. The van der Waals surface area contributed by atoms with E-state index in [4.69, 9.17) is 10.8 Å². The molecule has 1 amide bonds. The molecule has 0 spiro atoms. The van der Waals surface area contributed by atoms with Gasteiger partial charge in [0.15, 0.2) is 0 Å². The number of nitrogens with two attached hydrogens (primary N) is 1. The molecule has 0 bridgehead atoms. The minimum absolute atomic E-state index is 0.121. The zero-order chi connectivity index (χ0) is 13.7. The first kappa shape index (κ1) is 14.9. The van der Waals surface area contributed by atoms with E-state index in [1.54, 1.807) is 11.8 Å². The third kappa shape index (κ3) is 3.96. The summed E-state index contributed by atoms with van der Waals surface area (Å²) in [6, 6.07) is -0.481. The molecule has 0 radical (unpaired) electrons. The van der Waals surface area contributed by atoms with Crippen molar-refractivity contribution >= 4 is 11.9 Å². The average Bonchev–Trinajstić information content (AvgIpc) is 2.37. The van der Waals surface area contributed by atoms with Crippen LogP contribution in [0, 0.1) is 5.92 Å². The second kappa shape index (κ2) is 6.70. The fraction of sp³-hybridized carbons (Fsp3) is 0.833. The first-order valence-corrected chi connectivity index (χ1v) is 6.40. The molecule has 18 heavy (non-hydrogen) atoms. The predicted octanol–water partition coefficient (Wildman–Crippen LogP) is -0.411. The Morgan fingerprint density at radius 1 is 1.22 bits per heavy atom. The first-order chi connectivity index (χ1) is 8.45. The van der Waals surface area contributed by atoms with Crippen molar-refractivity contribution in [3.63, 3.8) is 0 Å². The number of piperazine rings is 1. The predicted molar refractivity (Wildman–Crippen MR) is 68.1 cm³/mol. The zero-order valence-electron chi connectivity index (χ0n) is 11.1. The number of carboxylic acid groups (broad SMARTS) is 1. The third-order valence-electron chi connectivity index (χ3n) is 3.50. The molecular formula is C12H23N3O3. The van der Waals surface area contributed by atoms with Crippen molar-refractivity contribution < 1.29 is 14.7 Å². The van der Waals surface area contributed by atoms with Crippen LogP contribution in [0.1, 0.15) is 20.3 Å². The highest BCUT2D eigenvalue weighted by molar-refractivity contribution is 5.76. The highest BCUT2D eigenvalue weighted by Gasteiger charge is 2.27. The van der Waals surface area contributed by atoms with Crippen molar-refractivity contribution in [3.05, 3.63) is 0 Å². The summed E-state index contributed by atoms with van der Waals surface area (Å²) in [6.45, 7) is 6.60. The van der Waals surface area contributed by atoms with Gasteiger partial charge < -0.3 is 15.7 Å². The van der Waals surface area contributed by atoms with Crippen molar-refractivity contribution in [3.8, 4) is 0 Å². The van der Waals surface area contributed by atoms with Gasteiger partial charge in [0.2, 0.25) is 5.91 Å². The molecule has 1 aliphatic heterocycles. The highest BCUT2D eigenvalue weighted by atomic mass is 16.4. The molecule has 2 atom stereocenters. The zero-order valence-corrected chi connectivity index (χ0v) is 11.1. The molecule has 0 aromatic rings. The van der Waals surface area contributed by atoms with Crippen LogP contribution in [-0.4, -0.2) is 65.5 Å². The van der Waals surface area contributed by atoms with Crippen LogP contribution in [0.3, 0.4) is 0 Å². The summed E-state index contributed by atoms with van der Waals surface area (Å²) in [4.78, 5) is 26.5. The van der Waals surface area contributed by atoms with Gasteiger partial charge in [0, 0.05) is 32.6 Å². The highest BCUT2D eigenvalue weighted by Crippen LogP contribution is 2.10. The molecule has 1 aliphatic rings. The number of hydrogen-bond donors (Lipinski definition) is 2. The maximum Gasteiger partial charge on any atom is 0.320 e. The van der Waals surface area contributed by atoms with Crippen LogP contribution in [0.2, 0.25) is 0 Å². The van der Waals surface area contributed by atoms with Crippen LogP contribution in [0.15, 0.2) is 0 Å². The van der Waals surface area contributed by atoms with Crippen molar-refractivity contribution in [1.82, 2.24) is 9.80 Å². The minimum atomic E-state index is -0.813. The fourth-order valence-electron chi connectivity index (χ4n) is 2.03. The maximum atomic E-state index is 11.9. The topological polar surface area (TPSA) is 86.9 Å². The average molecular weight is 257 g/mol. The van der Waals surface area contributed by atoms with Crippen LogP contribution >= 0.6 is 0 Å². The number of aliphatic carboxylic acids is 1. The molecule has 6 heteroatoms. The molecule has 0 aromatic carbocycles. The van der Waals surface area contributed by atoms with Gasteiger partial charge in [0.1, 0.15) is 6.04 Å². The molecule has 0 aromatic heterocycles. The Bertz CT molecular complexity index is 301. The van der Waals surface area contributed by atoms with Gasteiger partial charge in [0.05, 0.1) is 0 Å². The van der Waals surface area contributed by atoms with Crippen molar-refractivity contribution in [1.29, 1.82) is 0 Å². The van der Waals surface area contributed by atoms with Gasteiger partial charge in [-0.3, -0.25) is 14.5 Å². The first-order valence-electron chi connectivity index (χ1n) is 6.40. The summed E-state index contributed by atoms with van der Waals surface area (Å²) in [5, 5.41) is 8.92.